The fourth-order valence-corrected chi connectivity index (χ4v) is 3.94. The fraction of sp³-hybridized carbons (Fsp3) is 0.429. The van der Waals surface area contributed by atoms with Gasteiger partial charge in [-0.25, -0.2) is 0 Å². The molecule has 0 amide bonds. The number of benzene rings is 2. The lowest BCUT2D eigenvalue weighted by Gasteiger charge is -2.51. The topological polar surface area (TPSA) is 15.7 Å². The molecule has 4 rings (SSSR count). The largest absolute Gasteiger partial charge is 0.379 e. The van der Waals surface area contributed by atoms with Crippen LogP contribution in [0.5, 0.6) is 0 Å². The third kappa shape index (κ3) is 3.54. The van der Waals surface area contributed by atoms with Crippen LogP contribution >= 0.6 is 0 Å². The van der Waals surface area contributed by atoms with Gasteiger partial charge < -0.3 is 4.74 Å². The molecule has 0 bridgehead atoms. The Hall–Kier alpha value is -1.68. The predicted molar refractivity (Wildman–Crippen MR) is 96.8 cm³/mol. The van der Waals surface area contributed by atoms with Crippen molar-refractivity contribution < 1.29 is 4.74 Å². The molecule has 2 aromatic carbocycles. The third-order valence-corrected chi connectivity index (χ3v) is 5.33. The third-order valence-electron chi connectivity index (χ3n) is 5.33. The highest BCUT2D eigenvalue weighted by Gasteiger charge is 2.39. The number of nitrogens with zero attached hydrogens (tertiary/aromatic N) is 2. The quantitative estimate of drug-likeness (QED) is 0.840. The molecule has 2 saturated heterocycles. The average Bonchev–Trinajstić information content (AvgIpc) is 2.65. The number of rotatable bonds is 5. The molecular weight excluding hydrogens is 296 g/mol. The van der Waals surface area contributed by atoms with Crippen molar-refractivity contribution in [2.45, 2.75) is 25.0 Å². The van der Waals surface area contributed by atoms with Gasteiger partial charge in [0.2, 0.25) is 0 Å². The van der Waals surface area contributed by atoms with E-state index in [0.29, 0.717) is 12.1 Å². The first-order chi connectivity index (χ1) is 11.9. The highest BCUT2D eigenvalue weighted by atomic mass is 16.5. The predicted octanol–water partition coefficient (Wildman–Crippen LogP) is 3.33. The van der Waals surface area contributed by atoms with Crippen LogP contribution in [0.15, 0.2) is 60.7 Å². The molecule has 2 fully saturated rings. The van der Waals surface area contributed by atoms with Gasteiger partial charge in [-0.15, -0.1) is 0 Å². The molecule has 2 aromatic rings. The summed E-state index contributed by atoms with van der Waals surface area (Å²) in [5.41, 5.74) is 2.86. The van der Waals surface area contributed by atoms with Gasteiger partial charge in [0.15, 0.2) is 0 Å². The second-order valence-electron chi connectivity index (χ2n) is 6.89. The van der Waals surface area contributed by atoms with Gasteiger partial charge in [-0.05, 0) is 17.5 Å². The lowest BCUT2D eigenvalue weighted by atomic mass is 9.86. The maximum Gasteiger partial charge on any atom is 0.0594 e. The number of morpholine rings is 1. The van der Waals surface area contributed by atoms with Gasteiger partial charge in [0.05, 0.1) is 13.2 Å². The van der Waals surface area contributed by atoms with Crippen molar-refractivity contribution >= 4 is 0 Å². The molecule has 0 N–H and O–H groups in total. The summed E-state index contributed by atoms with van der Waals surface area (Å²) in [6.07, 6.45) is 1.26. The summed E-state index contributed by atoms with van der Waals surface area (Å²) in [5, 5.41) is 0. The van der Waals surface area contributed by atoms with E-state index in [1.54, 1.807) is 0 Å². The molecule has 126 valence electrons. The first-order valence-electron chi connectivity index (χ1n) is 9.05. The Morgan fingerprint density at radius 1 is 0.875 bits per heavy atom. The molecule has 2 atom stereocenters. The van der Waals surface area contributed by atoms with Gasteiger partial charge in [-0.2, -0.15) is 0 Å². The van der Waals surface area contributed by atoms with E-state index >= 15 is 0 Å². The summed E-state index contributed by atoms with van der Waals surface area (Å²) in [5.74, 6) is 0. The van der Waals surface area contributed by atoms with Crippen molar-refractivity contribution in [3.05, 3.63) is 71.8 Å². The molecular formula is C21H26N2O. The van der Waals surface area contributed by atoms with Gasteiger partial charge in [0.25, 0.3) is 0 Å². The summed E-state index contributed by atoms with van der Waals surface area (Å²) in [7, 11) is 0. The van der Waals surface area contributed by atoms with Crippen LogP contribution in [0.1, 0.15) is 23.6 Å². The van der Waals surface area contributed by atoms with Crippen molar-refractivity contribution in [2.75, 3.05) is 32.8 Å². The van der Waals surface area contributed by atoms with E-state index in [2.05, 4.69) is 70.5 Å². The molecule has 2 aliphatic heterocycles. The molecule has 3 heteroatoms. The Bertz CT molecular complexity index is 625. The summed E-state index contributed by atoms with van der Waals surface area (Å²) < 4.78 is 5.49. The molecule has 24 heavy (non-hydrogen) atoms. The van der Waals surface area contributed by atoms with Crippen molar-refractivity contribution in [3.63, 3.8) is 0 Å². The van der Waals surface area contributed by atoms with Crippen LogP contribution in [0.25, 0.3) is 0 Å². The molecule has 2 heterocycles. The van der Waals surface area contributed by atoms with Gasteiger partial charge in [0.1, 0.15) is 0 Å². The Kier molecular flexibility index (Phi) is 4.93. The normalized spacial score (nSPS) is 25.3. The molecule has 0 saturated carbocycles. The van der Waals surface area contributed by atoms with Crippen LogP contribution in [0.4, 0.5) is 0 Å². The van der Waals surface area contributed by atoms with E-state index in [1.807, 2.05) is 0 Å². The number of hydrogen-bond donors (Lipinski definition) is 0. The minimum atomic E-state index is 0.553. The summed E-state index contributed by atoms with van der Waals surface area (Å²) >= 11 is 0. The zero-order valence-corrected chi connectivity index (χ0v) is 14.2. The van der Waals surface area contributed by atoms with Crippen LogP contribution in [0.2, 0.25) is 0 Å². The molecule has 0 aliphatic carbocycles. The van der Waals surface area contributed by atoms with Crippen molar-refractivity contribution in [3.8, 4) is 0 Å². The zero-order valence-electron chi connectivity index (χ0n) is 14.2. The van der Waals surface area contributed by atoms with E-state index in [9.17, 15) is 0 Å². The minimum Gasteiger partial charge on any atom is -0.379 e. The highest BCUT2D eigenvalue weighted by molar-refractivity contribution is 5.24. The van der Waals surface area contributed by atoms with Gasteiger partial charge in [-0.1, -0.05) is 60.7 Å². The first kappa shape index (κ1) is 15.8. The van der Waals surface area contributed by atoms with E-state index in [-0.39, 0.29) is 0 Å². The highest BCUT2D eigenvalue weighted by Crippen LogP contribution is 2.40. The van der Waals surface area contributed by atoms with E-state index < -0.39 is 0 Å². The van der Waals surface area contributed by atoms with Gasteiger partial charge in [-0.3, -0.25) is 9.80 Å². The Balaban J connectivity index is 1.47. The SMILES string of the molecule is c1ccc(CN2[C@H](CN3CCOCC3)C[C@@H]2c2ccccc2)cc1. The maximum absolute atomic E-state index is 5.49. The van der Waals surface area contributed by atoms with Crippen molar-refractivity contribution in [2.24, 2.45) is 0 Å². The molecule has 0 radical (unpaired) electrons. The Morgan fingerprint density at radius 3 is 2.25 bits per heavy atom. The van der Waals surface area contributed by atoms with Crippen molar-refractivity contribution in [1.29, 1.82) is 0 Å². The minimum absolute atomic E-state index is 0.553. The zero-order chi connectivity index (χ0) is 16.2. The number of likely N-dealkylation sites (tertiary alicyclic amines) is 1. The lowest BCUT2D eigenvalue weighted by molar-refractivity contribution is -0.0363. The molecule has 2 aliphatic rings. The van der Waals surface area contributed by atoms with Crippen LogP contribution in [-0.4, -0.2) is 48.7 Å². The average molecular weight is 322 g/mol. The van der Waals surface area contributed by atoms with Crippen LogP contribution < -0.4 is 0 Å². The van der Waals surface area contributed by atoms with E-state index in [1.165, 1.54) is 24.1 Å². The van der Waals surface area contributed by atoms with Crippen LogP contribution in [-0.2, 0) is 11.3 Å². The Morgan fingerprint density at radius 2 is 1.54 bits per heavy atom. The van der Waals surface area contributed by atoms with E-state index in [4.69, 9.17) is 4.74 Å². The smallest absolute Gasteiger partial charge is 0.0594 e. The van der Waals surface area contributed by atoms with Gasteiger partial charge in [0, 0.05) is 38.3 Å². The van der Waals surface area contributed by atoms with Crippen LogP contribution in [0.3, 0.4) is 0 Å². The number of hydrogen-bond acceptors (Lipinski definition) is 3. The summed E-state index contributed by atoms with van der Waals surface area (Å²) in [6.45, 7) is 6.12. The standard InChI is InChI=1S/C21H26N2O/c1-3-7-18(8-4-1)16-23-20(17-22-11-13-24-14-12-22)15-21(23)19-9-5-2-6-10-19/h1-10,20-21H,11-17H2/t20-,21+/m0/s1. The Labute approximate surface area is 144 Å². The van der Waals surface area contributed by atoms with Gasteiger partial charge >= 0.3 is 0 Å². The van der Waals surface area contributed by atoms with Crippen LogP contribution in [0, 0.1) is 0 Å². The lowest BCUT2D eigenvalue weighted by Crippen LogP contribution is -2.56. The second-order valence-corrected chi connectivity index (χ2v) is 6.89. The fourth-order valence-electron chi connectivity index (χ4n) is 3.94. The molecule has 0 spiro atoms. The van der Waals surface area contributed by atoms with Crippen molar-refractivity contribution in [1.82, 2.24) is 9.80 Å². The molecule has 0 unspecified atom stereocenters. The first-order valence-corrected chi connectivity index (χ1v) is 9.05. The molecule has 0 aromatic heterocycles. The number of ether oxygens (including phenoxy) is 1. The summed E-state index contributed by atoms with van der Waals surface area (Å²) in [4.78, 5) is 5.24. The second kappa shape index (κ2) is 7.47. The maximum atomic E-state index is 5.49. The monoisotopic (exact) mass is 322 g/mol. The molecule has 3 nitrogen and oxygen atoms in total. The van der Waals surface area contributed by atoms with E-state index in [0.717, 1.165) is 32.8 Å². The summed E-state index contributed by atoms with van der Waals surface area (Å²) in [6, 6.07) is 23.0.